The molecule has 1 fully saturated rings. The number of hydrogen-bond acceptors (Lipinski definition) is 3. The van der Waals surface area contributed by atoms with E-state index in [1.165, 1.54) is 0 Å². The van der Waals surface area contributed by atoms with E-state index in [4.69, 9.17) is 23.2 Å². The molecular weight excluding hydrogens is 327 g/mol. The summed E-state index contributed by atoms with van der Waals surface area (Å²) in [7, 11) is 0. The van der Waals surface area contributed by atoms with Crippen LogP contribution in [0.2, 0.25) is 10.0 Å². The first-order chi connectivity index (χ1) is 10.1. The first-order valence-electron chi connectivity index (χ1n) is 6.81. The number of thiazole rings is 1. The summed E-state index contributed by atoms with van der Waals surface area (Å²) in [6.07, 6.45) is 2.45. The average molecular weight is 341 g/mol. The Morgan fingerprint density at radius 1 is 1.33 bits per heavy atom. The molecule has 1 saturated heterocycles. The van der Waals surface area contributed by atoms with Crippen LogP contribution in [0.15, 0.2) is 23.6 Å². The number of amides is 1. The van der Waals surface area contributed by atoms with Crippen LogP contribution in [0.1, 0.15) is 17.8 Å². The van der Waals surface area contributed by atoms with Crippen LogP contribution in [-0.4, -0.2) is 28.9 Å². The van der Waals surface area contributed by atoms with E-state index in [-0.39, 0.29) is 5.91 Å². The molecule has 0 N–H and O–H groups in total. The Morgan fingerprint density at radius 2 is 2.19 bits per heavy atom. The van der Waals surface area contributed by atoms with Crippen molar-refractivity contribution in [3.05, 3.63) is 38.6 Å². The van der Waals surface area contributed by atoms with Gasteiger partial charge in [0.1, 0.15) is 0 Å². The zero-order chi connectivity index (χ0) is 14.8. The van der Waals surface area contributed by atoms with Gasteiger partial charge in [0.05, 0.1) is 15.7 Å². The van der Waals surface area contributed by atoms with Gasteiger partial charge in [-0.2, -0.15) is 0 Å². The third-order valence-electron chi connectivity index (χ3n) is 3.53. The highest BCUT2D eigenvalue weighted by Crippen LogP contribution is 2.31. The summed E-state index contributed by atoms with van der Waals surface area (Å²) < 4.78 is 0. The van der Waals surface area contributed by atoms with E-state index in [1.54, 1.807) is 17.4 Å². The molecule has 110 valence electrons. The van der Waals surface area contributed by atoms with Crippen LogP contribution in [-0.2, 0) is 11.2 Å². The fraction of sp³-hybridized carbons (Fsp3) is 0.333. The molecule has 0 atom stereocenters. The lowest BCUT2D eigenvalue weighted by Crippen LogP contribution is -2.26. The maximum absolute atomic E-state index is 11.6. The highest BCUT2D eigenvalue weighted by molar-refractivity contribution is 7.10. The SMILES string of the molecule is O=C1CCCN1CCc1nc(-c2ccc(Cl)cc2Cl)cs1. The molecule has 0 spiro atoms. The lowest BCUT2D eigenvalue weighted by Gasteiger charge is -2.13. The van der Waals surface area contributed by atoms with Gasteiger partial charge < -0.3 is 4.90 Å². The molecule has 0 unspecified atom stereocenters. The highest BCUT2D eigenvalue weighted by Gasteiger charge is 2.20. The molecule has 1 aromatic carbocycles. The maximum atomic E-state index is 11.6. The predicted molar refractivity (Wildman–Crippen MR) is 87.1 cm³/mol. The number of carbonyl (C=O) groups is 1. The van der Waals surface area contributed by atoms with Crippen molar-refractivity contribution in [1.82, 2.24) is 9.88 Å². The van der Waals surface area contributed by atoms with Crippen LogP contribution in [0.3, 0.4) is 0 Å². The summed E-state index contributed by atoms with van der Waals surface area (Å²) in [5.41, 5.74) is 1.75. The van der Waals surface area contributed by atoms with Crippen molar-refractivity contribution in [3.63, 3.8) is 0 Å². The van der Waals surface area contributed by atoms with E-state index >= 15 is 0 Å². The van der Waals surface area contributed by atoms with Crippen molar-refractivity contribution in [2.24, 2.45) is 0 Å². The summed E-state index contributed by atoms with van der Waals surface area (Å²) in [6.45, 7) is 1.63. The van der Waals surface area contributed by atoms with Crippen LogP contribution in [0, 0.1) is 0 Å². The van der Waals surface area contributed by atoms with Gasteiger partial charge in [-0.05, 0) is 24.6 Å². The molecule has 3 nitrogen and oxygen atoms in total. The van der Waals surface area contributed by atoms with Crippen LogP contribution < -0.4 is 0 Å². The molecule has 3 rings (SSSR count). The number of carbonyl (C=O) groups excluding carboxylic acids is 1. The fourth-order valence-electron chi connectivity index (χ4n) is 2.42. The van der Waals surface area contributed by atoms with Crippen molar-refractivity contribution in [1.29, 1.82) is 0 Å². The molecule has 0 radical (unpaired) electrons. The number of halogens is 2. The lowest BCUT2D eigenvalue weighted by molar-refractivity contribution is -0.127. The van der Waals surface area contributed by atoms with Crippen molar-refractivity contribution in [2.75, 3.05) is 13.1 Å². The summed E-state index contributed by atoms with van der Waals surface area (Å²) in [5, 5.41) is 4.24. The second-order valence-corrected chi connectivity index (χ2v) is 6.77. The second-order valence-electron chi connectivity index (χ2n) is 4.98. The Hall–Kier alpha value is -1.10. The molecule has 0 bridgehead atoms. The Kier molecular flexibility index (Phi) is 4.48. The standard InChI is InChI=1S/C15H14Cl2N2OS/c16-10-3-4-11(12(17)8-10)13-9-21-14(18-13)5-7-19-6-1-2-15(19)20/h3-4,8-9H,1-2,5-7H2. The fourth-order valence-corrected chi connectivity index (χ4v) is 3.71. The summed E-state index contributed by atoms with van der Waals surface area (Å²) >= 11 is 13.7. The quantitative estimate of drug-likeness (QED) is 0.832. The normalized spacial score (nSPS) is 15.0. The van der Waals surface area contributed by atoms with Crippen LogP contribution in [0.25, 0.3) is 11.3 Å². The highest BCUT2D eigenvalue weighted by atomic mass is 35.5. The topological polar surface area (TPSA) is 33.2 Å². The number of likely N-dealkylation sites (tertiary alicyclic amines) is 1. The van der Waals surface area contributed by atoms with Crippen molar-refractivity contribution < 1.29 is 4.79 Å². The molecule has 1 aliphatic heterocycles. The van der Waals surface area contributed by atoms with E-state index in [9.17, 15) is 4.79 Å². The molecule has 0 saturated carbocycles. The summed E-state index contributed by atoms with van der Waals surface area (Å²) in [5.74, 6) is 0.257. The molecular formula is C15H14Cl2N2OS. The Labute approximate surface area is 137 Å². The Balaban J connectivity index is 1.69. The number of aromatic nitrogens is 1. The largest absolute Gasteiger partial charge is 0.342 e. The Bertz CT molecular complexity index is 671. The third-order valence-corrected chi connectivity index (χ3v) is 4.98. The zero-order valence-corrected chi connectivity index (χ0v) is 13.6. The number of rotatable bonds is 4. The van der Waals surface area contributed by atoms with Crippen LogP contribution in [0.4, 0.5) is 0 Å². The second kappa shape index (κ2) is 6.34. The van der Waals surface area contributed by atoms with Gasteiger partial charge in [-0.25, -0.2) is 4.98 Å². The summed E-state index contributed by atoms with van der Waals surface area (Å²) in [6, 6.07) is 5.42. The molecule has 2 heterocycles. The lowest BCUT2D eigenvalue weighted by atomic mass is 10.2. The zero-order valence-electron chi connectivity index (χ0n) is 11.3. The molecule has 0 aliphatic carbocycles. The van der Waals surface area contributed by atoms with E-state index < -0.39 is 0 Å². The van der Waals surface area contributed by atoms with Gasteiger partial charge in [0.2, 0.25) is 5.91 Å². The van der Waals surface area contributed by atoms with E-state index in [1.807, 2.05) is 22.4 Å². The number of benzene rings is 1. The minimum absolute atomic E-state index is 0.257. The Morgan fingerprint density at radius 3 is 2.90 bits per heavy atom. The van der Waals surface area contributed by atoms with Crippen molar-refractivity contribution in [2.45, 2.75) is 19.3 Å². The van der Waals surface area contributed by atoms with Gasteiger partial charge in [0.25, 0.3) is 0 Å². The van der Waals surface area contributed by atoms with Gasteiger partial charge in [-0.1, -0.05) is 23.2 Å². The van der Waals surface area contributed by atoms with Gasteiger partial charge in [-0.15, -0.1) is 11.3 Å². The monoisotopic (exact) mass is 340 g/mol. The molecule has 1 aliphatic rings. The maximum Gasteiger partial charge on any atom is 0.222 e. The first kappa shape index (κ1) is 14.8. The molecule has 1 amide bonds. The molecule has 2 aromatic rings. The predicted octanol–water partition coefficient (Wildman–Crippen LogP) is 4.28. The molecule has 1 aromatic heterocycles. The number of nitrogens with zero attached hydrogens (tertiary/aromatic N) is 2. The van der Waals surface area contributed by atoms with Gasteiger partial charge >= 0.3 is 0 Å². The first-order valence-corrected chi connectivity index (χ1v) is 8.44. The number of hydrogen-bond donors (Lipinski definition) is 0. The van der Waals surface area contributed by atoms with Crippen molar-refractivity contribution >= 4 is 40.4 Å². The summed E-state index contributed by atoms with van der Waals surface area (Å²) in [4.78, 5) is 18.1. The smallest absolute Gasteiger partial charge is 0.222 e. The molecule has 6 heteroatoms. The van der Waals surface area contributed by atoms with Gasteiger partial charge in [-0.3, -0.25) is 4.79 Å². The molecule has 21 heavy (non-hydrogen) atoms. The average Bonchev–Trinajstić information content (AvgIpc) is 3.05. The van der Waals surface area contributed by atoms with Crippen LogP contribution >= 0.6 is 34.5 Å². The van der Waals surface area contributed by atoms with E-state index in [0.29, 0.717) is 16.5 Å². The van der Waals surface area contributed by atoms with E-state index in [2.05, 4.69) is 4.98 Å². The van der Waals surface area contributed by atoms with E-state index in [0.717, 1.165) is 42.2 Å². The minimum atomic E-state index is 0.257. The van der Waals surface area contributed by atoms with Crippen LogP contribution in [0.5, 0.6) is 0 Å². The third kappa shape index (κ3) is 3.39. The van der Waals surface area contributed by atoms with Gasteiger partial charge in [0, 0.05) is 41.9 Å². The van der Waals surface area contributed by atoms with Crippen molar-refractivity contribution in [3.8, 4) is 11.3 Å². The minimum Gasteiger partial charge on any atom is -0.342 e. The van der Waals surface area contributed by atoms with Gasteiger partial charge in [0.15, 0.2) is 0 Å².